The van der Waals surface area contributed by atoms with Gasteiger partial charge in [-0.2, -0.15) is 13.2 Å². The number of hydrogen-bond acceptors (Lipinski definition) is 7. The van der Waals surface area contributed by atoms with Crippen LogP contribution in [0.25, 0.3) is 0 Å². The van der Waals surface area contributed by atoms with Crippen molar-refractivity contribution >= 4 is 29.2 Å². The number of rotatable bonds is 7. The Labute approximate surface area is 202 Å². The van der Waals surface area contributed by atoms with Gasteiger partial charge in [0.1, 0.15) is 11.8 Å². The molecule has 0 aliphatic carbocycles. The van der Waals surface area contributed by atoms with Crippen molar-refractivity contribution in [1.29, 1.82) is 0 Å². The topological polar surface area (TPSA) is 94.4 Å². The van der Waals surface area contributed by atoms with Gasteiger partial charge in [-0.15, -0.1) is 0 Å². The van der Waals surface area contributed by atoms with Gasteiger partial charge in [0.25, 0.3) is 0 Å². The SMILES string of the molecule is COC(=O)c1cnc(OCc2ccc([C@@H](C)[C@@](O)(c3ccnc(Cl)c3)C(F)(F)F)c(Cl)c2)nc1. The first-order chi connectivity index (χ1) is 16.0. The first kappa shape index (κ1) is 25.7. The third-order valence-corrected chi connectivity index (χ3v) is 5.71. The van der Waals surface area contributed by atoms with Gasteiger partial charge in [0.05, 0.1) is 12.7 Å². The van der Waals surface area contributed by atoms with Crippen molar-refractivity contribution < 1.29 is 32.5 Å². The average molecular weight is 516 g/mol. The zero-order valence-corrected chi connectivity index (χ0v) is 19.3. The maximum absolute atomic E-state index is 14.1. The van der Waals surface area contributed by atoms with E-state index in [-0.39, 0.29) is 33.9 Å². The highest BCUT2D eigenvalue weighted by Crippen LogP contribution is 2.50. The molecular formula is C22H18Cl2F3N3O4. The van der Waals surface area contributed by atoms with Crippen LogP contribution < -0.4 is 4.74 Å². The highest BCUT2D eigenvalue weighted by atomic mass is 35.5. The van der Waals surface area contributed by atoms with Gasteiger partial charge in [0, 0.05) is 29.5 Å². The van der Waals surface area contributed by atoms with E-state index in [0.717, 1.165) is 18.3 Å². The van der Waals surface area contributed by atoms with Gasteiger partial charge in [-0.1, -0.05) is 42.3 Å². The molecule has 0 unspecified atom stereocenters. The van der Waals surface area contributed by atoms with Crippen molar-refractivity contribution in [2.75, 3.05) is 7.11 Å². The van der Waals surface area contributed by atoms with E-state index in [4.69, 9.17) is 27.9 Å². The van der Waals surface area contributed by atoms with Gasteiger partial charge in [0.15, 0.2) is 5.60 Å². The molecular weight excluding hydrogens is 498 g/mol. The molecule has 0 fully saturated rings. The van der Waals surface area contributed by atoms with Crippen LogP contribution in [-0.4, -0.2) is 39.3 Å². The first-order valence-corrected chi connectivity index (χ1v) is 10.5. The van der Waals surface area contributed by atoms with Crippen LogP contribution in [0.1, 0.15) is 39.9 Å². The third kappa shape index (κ3) is 5.24. The Morgan fingerprint density at radius 3 is 2.35 bits per heavy atom. The number of benzene rings is 1. The Hall–Kier alpha value is -2.95. The molecule has 34 heavy (non-hydrogen) atoms. The summed E-state index contributed by atoms with van der Waals surface area (Å²) in [5.41, 5.74) is -3.00. The molecule has 180 valence electrons. The number of halogens is 5. The van der Waals surface area contributed by atoms with Gasteiger partial charge >= 0.3 is 18.2 Å². The minimum atomic E-state index is -5.03. The molecule has 2 atom stereocenters. The molecule has 3 aromatic rings. The molecule has 0 aliphatic heterocycles. The summed E-state index contributed by atoms with van der Waals surface area (Å²) in [6, 6.07) is 6.31. The summed E-state index contributed by atoms with van der Waals surface area (Å²) in [4.78, 5) is 22.9. The summed E-state index contributed by atoms with van der Waals surface area (Å²) in [6.07, 6.45) is -1.48. The number of esters is 1. The number of alkyl halides is 3. The Morgan fingerprint density at radius 1 is 1.12 bits per heavy atom. The van der Waals surface area contributed by atoms with E-state index in [0.29, 0.717) is 5.56 Å². The van der Waals surface area contributed by atoms with Crippen molar-refractivity contribution in [1.82, 2.24) is 15.0 Å². The number of hydrogen-bond donors (Lipinski definition) is 1. The minimum absolute atomic E-state index is 0.00149. The number of carbonyl (C=O) groups is 1. The number of aliphatic hydroxyl groups is 1. The maximum Gasteiger partial charge on any atom is 0.422 e. The summed E-state index contributed by atoms with van der Waals surface area (Å²) < 4.78 is 52.2. The van der Waals surface area contributed by atoms with Crippen molar-refractivity contribution in [3.63, 3.8) is 0 Å². The predicted octanol–water partition coefficient (Wildman–Crippen LogP) is 5.10. The van der Waals surface area contributed by atoms with Gasteiger partial charge in [0.2, 0.25) is 0 Å². The van der Waals surface area contributed by atoms with E-state index in [9.17, 15) is 23.1 Å². The number of aromatic nitrogens is 3. The highest BCUT2D eigenvalue weighted by molar-refractivity contribution is 6.31. The van der Waals surface area contributed by atoms with Crippen LogP contribution in [0.4, 0.5) is 13.2 Å². The number of pyridine rings is 1. The van der Waals surface area contributed by atoms with Crippen LogP contribution in [0.2, 0.25) is 10.2 Å². The summed E-state index contributed by atoms with van der Waals surface area (Å²) >= 11 is 12.1. The average Bonchev–Trinajstić information content (AvgIpc) is 2.81. The van der Waals surface area contributed by atoms with E-state index in [1.54, 1.807) is 0 Å². The molecule has 0 spiro atoms. The van der Waals surface area contributed by atoms with Crippen molar-refractivity contribution in [2.24, 2.45) is 0 Å². The Kier molecular flexibility index (Phi) is 7.64. The summed E-state index contributed by atoms with van der Waals surface area (Å²) in [5, 5.41) is 10.7. The molecule has 0 bridgehead atoms. The third-order valence-electron chi connectivity index (χ3n) is 5.17. The molecule has 1 N–H and O–H groups in total. The zero-order valence-electron chi connectivity index (χ0n) is 17.8. The minimum Gasteiger partial charge on any atom is -0.465 e. The maximum atomic E-state index is 14.1. The highest BCUT2D eigenvalue weighted by Gasteiger charge is 2.59. The van der Waals surface area contributed by atoms with Crippen LogP contribution in [0.3, 0.4) is 0 Å². The van der Waals surface area contributed by atoms with Crippen LogP contribution in [0.15, 0.2) is 48.9 Å². The monoisotopic (exact) mass is 515 g/mol. The fourth-order valence-corrected chi connectivity index (χ4v) is 3.84. The molecule has 0 saturated carbocycles. The summed E-state index contributed by atoms with van der Waals surface area (Å²) in [6.45, 7) is 1.17. The second-order valence-corrected chi connectivity index (χ2v) is 8.04. The lowest BCUT2D eigenvalue weighted by Gasteiger charge is -2.37. The quantitative estimate of drug-likeness (QED) is 0.345. The lowest BCUT2D eigenvalue weighted by molar-refractivity contribution is -0.274. The number of ether oxygens (including phenoxy) is 2. The molecule has 7 nitrogen and oxygen atoms in total. The van der Waals surface area contributed by atoms with E-state index < -0.39 is 29.2 Å². The second-order valence-electron chi connectivity index (χ2n) is 7.24. The van der Waals surface area contributed by atoms with E-state index in [1.165, 1.54) is 44.6 Å². The standard InChI is InChI=1S/C22H18Cl2F3N3O4/c1-12(21(32,22(25,26)27)15-5-6-28-18(24)8-15)16-4-3-13(7-17(16)23)11-34-20-29-9-14(10-30-20)19(31)33-2/h3-10,12,32H,11H2,1-2H3/t12-,21-/m1/s1. The van der Waals surface area contributed by atoms with Gasteiger partial charge in [-0.25, -0.2) is 19.7 Å². The number of nitrogens with zero attached hydrogens (tertiary/aromatic N) is 3. The van der Waals surface area contributed by atoms with Crippen molar-refractivity contribution in [2.45, 2.75) is 31.2 Å². The van der Waals surface area contributed by atoms with E-state index >= 15 is 0 Å². The van der Waals surface area contributed by atoms with E-state index in [2.05, 4.69) is 19.7 Å². The largest absolute Gasteiger partial charge is 0.465 e. The smallest absolute Gasteiger partial charge is 0.422 e. The molecule has 3 rings (SSSR count). The molecule has 0 aliphatic rings. The lowest BCUT2D eigenvalue weighted by Crippen LogP contribution is -2.46. The Morgan fingerprint density at radius 2 is 1.79 bits per heavy atom. The van der Waals surface area contributed by atoms with Crippen LogP contribution >= 0.6 is 23.2 Å². The normalized spacial score (nSPS) is 14.2. The Bertz CT molecular complexity index is 1180. The second kappa shape index (κ2) is 10.1. The van der Waals surface area contributed by atoms with Crippen LogP contribution in [0.5, 0.6) is 6.01 Å². The first-order valence-electron chi connectivity index (χ1n) is 9.70. The molecule has 0 amide bonds. The Balaban J connectivity index is 1.82. The predicted molar refractivity (Wildman–Crippen MR) is 117 cm³/mol. The van der Waals surface area contributed by atoms with E-state index in [1.807, 2.05) is 0 Å². The molecule has 0 saturated heterocycles. The number of carbonyl (C=O) groups excluding carboxylic acids is 1. The molecule has 12 heteroatoms. The van der Waals surface area contributed by atoms with Crippen molar-refractivity contribution in [3.05, 3.63) is 81.4 Å². The molecule has 1 aromatic carbocycles. The van der Waals surface area contributed by atoms with Gasteiger partial charge < -0.3 is 14.6 Å². The molecule has 0 radical (unpaired) electrons. The lowest BCUT2D eigenvalue weighted by atomic mass is 9.78. The fourth-order valence-electron chi connectivity index (χ4n) is 3.30. The number of methoxy groups -OCH3 is 1. The summed E-state index contributed by atoms with van der Waals surface area (Å²) in [7, 11) is 1.22. The zero-order chi connectivity index (χ0) is 25.1. The van der Waals surface area contributed by atoms with Crippen LogP contribution in [0, 0.1) is 0 Å². The fraction of sp³-hybridized carbons (Fsp3) is 0.273. The van der Waals surface area contributed by atoms with Crippen LogP contribution in [-0.2, 0) is 16.9 Å². The molecule has 2 aromatic heterocycles. The van der Waals surface area contributed by atoms with Gasteiger partial charge in [-0.05, 0) is 34.9 Å². The summed E-state index contributed by atoms with van der Waals surface area (Å²) in [5.74, 6) is -2.08. The van der Waals surface area contributed by atoms with Crippen molar-refractivity contribution in [3.8, 4) is 6.01 Å². The van der Waals surface area contributed by atoms with Gasteiger partial charge in [-0.3, -0.25) is 0 Å². The molecule has 2 heterocycles.